The Labute approximate surface area is 106 Å². The van der Waals surface area contributed by atoms with E-state index in [9.17, 15) is 5.11 Å². The van der Waals surface area contributed by atoms with Gasteiger partial charge in [0.15, 0.2) is 0 Å². The van der Waals surface area contributed by atoms with Crippen LogP contribution in [0.1, 0.15) is 56.7 Å². The highest BCUT2D eigenvalue weighted by Crippen LogP contribution is 2.34. The lowest BCUT2D eigenvalue weighted by molar-refractivity contribution is 0.172. The molecule has 0 spiro atoms. The molecule has 0 amide bonds. The Balaban J connectivity index is 1.63. The van der Waals surface area contributed by atoms with E-state index >= 15 is 0 Å². The van der Waals surface area contributed by atoms with E-state index in [1.807, 2.05) is 0 Å². The fourth-order valence-corrected chi connectivity index (χ4v) is 3.62. The minimum atomic E-state index is -0.214. The summed E-state index contributed by atoms with van der Waals surface area (Å²) in [6.45, 7) is 0. The zero-order chi connectivity index (χ0) is 11.7. The quantitative estimate of drug-likeness (QED) is 0.869. The first-order valence-corrected chi connectivity index (χ1v) is 7.38. The summed E-state index contributed by atoms with van der Waals surface area (Å²) in [6.07, 6.45) is 7.94. The molecule has 17 heavy (non-hydrogen) atoms. The molecule has 1 heterocycles. The van der Waals surface area contributed by atoms with Crippen molar-refractivity contribution in [1.82, 2.24) is 9.36 Å². The highest BCUT2D eigenvalue weighted by molar-refractivity contribution is 7.09. The Hall–Kier alpha value is -0.680. The lowest BCUT2D eigenvalue weighted by atomic mass is 10.1. The number of hydrogen-bond acceptors (Lipinski definition) is 5. The van der Waals surface area contributed by atoms with Crippen LogP contribution in [0.3, 0.4) is 0 Å². The first-order valence-electron chi connectivity index (χ1n) is 6.61. The highest BCUT2D eigenvalue weighted by Gasteiger charge is 2.27. The average Bonchev–Trinajstić information content (AvgIpc) is 3.02. The van der Waals surface area contributed by atoms with Gasteiger partial charge in [0.05, 0.1) is 12.1 Å². The van der Waals surface area contributed by atoms with Crippen molar-refractivity contribution in [3.8, 4) is 0 Å². The second-order valence-electron chi connectivity index (χ2n) is 5.19. The van der Waals surface area contributed by atoms with Gasteiger partial charge < -0.3 is 10.4 Å². The second-order valence-corrected chi connectivity index (χ2v) is 5.94. The monoisotopic (exact) mass is 253 g/mol. The summed E-state index contributed by atoms with van der Waals surface area (Å²) < 4.78 is 4.45. The van der Waals surface area contributed by atoms with Gasteiger partial charge in [-0.25, -0.2) is 4.98 Å². The Kier molecular flexibility index (Phi) is 3.29. The Morgan fingerprint density at radius 2 is 1.94 bits per heavy atom. The molecule has 1 aromatic rings. The molecule has 0 unspecified atom stereocenters. The van der Waals surface area contributed by atoms with Gasteiger partial charge in [-0.1, -0.05) is 12.8 Å². The summed E-state index contributed by atoms with van der Waals surface area (Å²) >= 11 is 1.44. The number of aromatic nitrogens is 2. The van der Waals surface area contributed by atoms with E-state index < -0.39 is 0 Å². The van der Waals surface area contributed by atoms with Crippen LogP contribution in [0, 0.1) is 0 Å². The highest BCUT2D eigenvalue weighted by atomic mass is 32.1. The van der Waals surface area contributed by atoms with Gasteiger partial charge >= 0.3 is 0 Å². The maximum Gasteiger partial charge on any atom is 0.202 e. The first-order chi connectivity index (χ1) is 8.33. The SMILES string of the molecule is O[C@@H]1CCC[C@H]1Nc1nc(C2CCCC2)ns1. The maximum atomic E-state index is 9.76. The number of rotatable bonds is 3. The van der Waals surface area contributed by atoms with E-state index in [4.69, 9.17) is 0 Å². The number of aliphatic hydroxyl groups is 1. The van der Waals surface area contributed by atoms with Crippen LogP contribution in [-0.4, -0.2) is 26.6 Å². The lowest BCUT2D eigenvalue weighted by Gasteiger charge is -2.14. The summed E-state index contributed by atoms with van der Waals surface area (Å²) in [6, 6.07) is 0.180. The van der Waals surface area contributed by atoms with Crippen molar-refractivity contribution in [3.05, 3.63) is 5.82 Å². The standard InChI is InChI=1S/C12H19N3OS/c16-10-7-3-6-9(10)13-12-14-11(15-17-12)8-4-1-2-5-8/h8-10,16H,1-7H2,(H,13,14,15)/t9-,10-/m1/s1. The van der Waals surface area contributed by atoms with E-state index in [0.29, 0.717) is 5.92 Å². The van der Waals surface area contributed by atoms with Crippen LogP contribution in [0.25, 0.3) is 0 Å². The molecule has 2 saturated carbocycles. The van der Waals surface area contributed by atoms with Gasteiger partial charge in [0.2, 0.25) is 5.13 Å². The number of nitrogens with one attached hydrogen (secondary N) is 1. The molecule has 2 aliphatic carbocycles. The van der Waals surface area contributed by atoms with Crippen molar-refractivity contribution in [2.45, 2.75) is 63.0 Å². The molecule has 0 aromatic carbocycles. The van der Waals surface area contributed by atoms with Gasteiger partial charge in [0.25, 0.3) is 0 Å². The van der Waals surface area contributed by atoms with E-state index in [-0.39, 0.29) is 12.1 Å². The molecule has 1 aromatic heterocycles. The zero-order valence-corrected chi connectivity index (χ0v) is 10.7. The molecule has 3 rings (SSSR count). The molecule has 0 radical (unpaired) electrons. The molecule has 2 fully saturated rings. The first kappa shape index (κ1) is 11.4. The largest absolute Gasteiger partial charge is 0.391 e. The third-order valence-corrected chi connectivity index (χ3v) is 4.61. The Bertz CT molecular complexity index is 376. The second kappa shape index (κ2) is 4.90. The van der Waals surface area contributed by atoms with E-state index in [0.717, 1.165) is 30.2 Å². The van der Waals surface area contributed by atoms with Gasteiger partial charge in [-0.2, -0.15) is 4.37 Å². The zero-order valence-electron chi connectivity index (χ0n) is 9.93. The molecule has 2 N–H and O–H groups in total. The fourth-order valence-electron chi connectivity index (χ4n) is 2.91. The van der Waals surface area contributed by atoms with Crippen LogP contribution in [0.15, 0.2) is 0 Å². The van der Waals surface area contributed by atoms with Crippen molar-refractivity contribution < 1.29 is 5.11 Å². The third-order valence-electron chi connectivity index (χ3n) is 3.95. The molecule has 94 valence electrons. The van der Waals surface area contributed by atoms with Gasteiger partial charge in [0, 0.05) is 17.5 Å². The normalized spacial score (nSPS) is 29.9. The van der Waals surface area contributed by atoms with Crippen LogP contribution in [0.2, 0.25) is 0 Å². The summed E-state index contributed by atoms with van der Waals surface area (Å²) in [4.78, 5) is 4.58. The van der Waals surface area contributed by atoms with Crippen LogP contribution >= 0.6 is 11.5 Å². The molecule has 0 saturated heterocycles. The van der Waals surface area contributed by atoms with E-state index in [1.165, 1.54) is 37.2 Å². The minimum absolute atomic E-state index is 0.180. The number of hydrogen-bond donors (Lipinski definition) is 2. The van der Waals surface area contributed by atoms with Crippen molar-refractivity contribution in [1.29, 1.82) is 0 Å². The maximum absolute atomic E-state index is 9.76. The molecule has 5 heteroatoms. The summed E-state index contributed by atoms with van der Waals surface area (Å²) in [5.74, 6) is 1.60. The van der Waals surface area contributed by atoms with Crippen molar-refractivity contribution in [3.63, 3.8) is 0 Å². The molecule has 0 aliphatic heterocycles. The summed E-state index contributed by atoms with van der Waals surface area (Å²) in [5.41, 5.74) is 0. The van der Waals surface area contributed by atoms with Crippen LogP contribution < -0.4 is 5.32 Å². The molecular formula is C12H19N3OS. The lowest BCUT2D eigenvalue weighted by Crippen LogP contribution is -2.27. The van der Waals surface area contributed by atoms with Crippen molar-refractivity contribution in [2.24, 2.45) is 0 Å². The Morgan fingerprint density at radius 1 is 1.12 bits per heavy atom. The topological polar surface area (TPSA) is 58.0 Å². The van der Waals surface area contributed by atoms with E-state index in [2.05, 4.69) is 14.7 Å². The van der Waals surface area contributed by atoms with E-state index in [1.54, 1.807) is 0 Å². The smallest absolute Gasteiger partial charge is 0.202 e. The van der Waals surface area contributed by atoms with Gasteiger partial charge in [-0.05, 0) is 32.1 Å². The van der Waals surface area contributed by atoms with Crippen molar-refractivity contribution >= 4 is 16.7 Å². The van der Waals surface area contributed by atoms with Crippen LogP contribution in [0.5, 0.6) is 0 Å². The fraction of sp³-hybridized carbons (Fsp3) is 0.833. The molecule has 4 nitrogen and oxygen atoms in total. The molecular weight excluding hydrogens is 234 g/mol. The Morgan fingerprint density at radius 3 is 2.65 bits per heavy atom. The number of anilines is 1. The predicted molar refractivity (Wildman–Crippen MR) is 68.4 cm³/mol. The van der Waals surface area contributed by atoms with Crippen molar-refractivity contribution in [2.75, 3.05) is 5.32 Å². The minimum Gasteiger partial charge on any atom is -0.391 e. The van der Waals surface area contributed by atoms with Crippen LogP contribution in [-0.2, 0) is 0 Å². The number of aliphatic hydroxyl groups excluding tert-OH is 1. The molecule has 2 atom stereocenters. The van der Waals surface area contributed by atoms with Gasteiger partial charge in [0.1, 0.15) is 5.82 Å². The molecule has 0 bridgehead atoms. The third kappa shape index (κ3) is 2.45. The average molecular weight is 253 g/mol. The predicted octanol–water partition coefficient (Wildman–Crippen LogP) is 2.52. The number of nitrogens with zero attached hydrogens (tertiary/aromatic N) is 2. The van der Waals surface area contributed by atoms with Gasteiger partial charge in [-0.15, -0.1) is 0 Å². The summed E-state index contributed by atoms with van der Waals surface area (Å²) in [7, 11) is 0. The van der Waals surface area contributed by atoms with Gasteiger partial charge in [-0.3, -0.25) is 0 Å². The van der Waals surface area contributed by atoms with Crippen LogP contribution in [0.4, 0.5) is 5.13 Å². The molecule has 2 aliphatic rings. The summed E-state index contributed by atoms with van der Waals surface area (Å²) in [5, 5.41) is 14.0.